The molecule has 0 saturated carbocycles. The lowest BCUT2D eigenvalue weighted by Crippen LogP contribution is -2.51. The van der Waals surface area contributed by atoms with Crippen LogP contribution in [0.1, 0.15) is 30.6 Å². The van der Waals surface area contributed by atoms with Gasteiger partial charge in [0.05, 0.1) is 0 Å². The van der Waals surface area contributed by atoms with Crippen molar-refractivity contribution in [2.75, 3.05) is 31.9 Å². The van der Waals surface area contributed by atoms with E-state index in [1.807, 2.05) is 4.90 Å². The normalized spacial score (nSPS) is 18.1. The number of piperazine rings is 1. The van der Waals surface area contributed by atoms with Crippen LogP contribution in [0, 0.1) is 0 Å². The standard InChI is InChI=1S/C14H21ClN4O/c1-3-10(2)18-4-6-19(7-5-18)14(20)11-8-12(15)17-13(16)9-11/h8-10H,3-7H2,1-2H3,(H2,16,17). The smallest absolute Gasteiger partial charge is 0.254 e. The van der Waals surface area contributed by atoms with Gasteiger partial charge in [-0.05, 0) is 25.5 Å². The van der Waals surface area contributed by atoms with Crippen molar-refractivity contribution in [1.29, 1.82) is 0 Å². The molecule has 0 spiro atoms. The Morgan fingerprint density at radius 3 is 2.60 bits per heavy atom. The van der Waals surface area contributed by atoms with Crippen molar-refractivity contribution < 1.29 is 4.79 Å². The third kappa shape index (κ3) is 3.41. The van der Waals surface area contributed by atoms with Gasteiger partial charge < -0.3 is 10.6 Å². The van der Waals surface area contributed by atoms with Crippen molar-refractivity contribution in [3.05, 3.63) is 22.8 Å². The van der Waals surface area contributed by atoms with Gasteiger partial charge in [-0.25, -0.2) is 4.98 Å². The molecule has 0 bridgehead atoms. The van der Waals surface area contributed by atoms with Gasteiger partial charge >= 0.3 is 0 Å². The van der Waals surface area contributed by atoms with E-state index in [-0.39, 0.29) is 16.9 Å². The van der Waals surface area contributed by atoms with E-state index in [4.69, 9.17) is 17.3 Å². The molecule has 1 amide bonds. The van der Waals surface area contributed by atoms with Crippen LogP contribution >= 0.6 is 11.6 Å². The van der Waals surface area contributed by atoms with Gasteiger partial charge in [0, 0.05) is 37.8 Å². The Bertz CT molecular complexity index is 466. The number of carbonyl (C=O) groups excluding carboxylic acids is 1. The summed E-state index contributed by atoms with van der Waals surface area (Å²) in [6.07, 6.45) is 1.13. The molecule has 0 aliphatic carbocycles. The van der Waals surface area contributed by atoms with Crippen LogP contribution in [-0.2, 0) is 0 Å². The molecule has 1 aromatic heterocycles. The number of nitrogens with zero attached hydrogens (tertiary/aromatic N) is 3. The predicted octanol–water partition coefficient (Wildman–Crippen LogP) is 1.87. The fraction of sp³-hybridized carbons (Fsp3) is 0.571. The van der Waals surface area contributed by atoms with E-state index in [0.717, 1.165) is 32.6 Å². The van der Waals surface area contributed by atoms with Crippen molar-refractivity contribution in [3.8, 4) is 0 Å². The Hall–Kier alpha value is -1.33. The summed E-state index contributed by atoms with van der Waals surface area (Å²) in [6.45, 7) is 7.71. The molecule has 1 saturated heterocycles. The van der Waals surface area contributed by atoms with Crippen LogP contribution in [0.25, 0.3) is 0 Å². The van der Waals surface area contributed by atoms with E-state index < -0.39 is 0 Å². The van der Waals surface area contributed by atoms with Crippen molar-refractivity contribution in [2.24, 2.45) is 0 Å². The van der Waals surface area contributed by atoms with Crippen molar-refractivity contribution in [1.82, 2.24) is 14.8 Å². The topological polar surface area (TPSA) is 62.5 Å². The summed E-state index contributed by atoms with van der Waals surface area (Å²) in [6, 6.07) is 3.72. The summed E-state index contributed by atoms with van der Waals surface area (Å²) in [5.74, 6) is 0.254. The zero-order chi connectivity index (χ0) is 14.7. The van der Waals surface area contributed by atoms with Gasteiger partial charge in [-0.15, -0.1) is 0 Å². The van der Waals surface area contributed by atoms with Crippen molar-refractivity contribution >= 4 is 23.3 Å². The first kappa shape index (κ1) is 15.1. The van der Waals surface area contributed by atoms with Gasteiger partial charge in [-0.1, -0.05) is 18.5 Å². The van der Waals surface area contributed by atoms with Crippen molar-refractivity contribution in [3.63, 3.8) is 0 Å². The second-order valence-corrected chi connectivity index (χ2v) is 5.58. The second kappa shape index (κ2) is 6.41. The minimum atomic E-state index is -0.0233. The number of amides is 1. The third-order valence-electron chi connectivity index (χ3n) is 3.88. The molecule has 5 nitrogen and oxygen atoms in total. The second-order valence-electron chi connectivity index (χ2n) is 5.19. The minimum absolute atomic E-state index is 0.0233. The molecule has 1 aliphatic rings. The molecular formula is C14H21ClN4O. The van der Waals surface area contributed by atoms with Crippen LogP contribution in [-0.4, -0.2) is 52.9 Å². The van der Waals surface area contributed by atoms with E-state index >= 15 is 0 Å². The zero-order valence-corrected chi connectivity index (χ0v) is 12.7. The highest BCUT2D eigenvalue weighted by Crippen LogP contribution is 2.16. The molecule has 0 aromatic carbocycles. The summed E-state index contributed by atoms with van der Waals surface area (Å²) >= 11 is 5.85. The van der Waals surface area contributed by atoms with Gasteiger partial charge in [0.1, 0.15) is 11.0 Å². The maximum Gasteiger partial charge on any atom is 0.254 e. The van der Waals surface area contributed by atoms with E-state index in [9.17, 15) is 4.79 Å². The van der Waals surface area contributed by atoms with Crippen LogP contribution in [0.5, 0.6) is 0 Å². The Balaban J connectivity index is 2.01. The molecule has 2 N–H and O–H groups in total. The van der Waals surface area contributed by atoms with Gasteiger partial charge in [0.15, 0.2) is 0 Å². The molecule has 110 valence electrons. The molecular weight excluding hydrogens is 276 g/mol. The highest BCUT2D eigenvalue weighted by molar-refractivity contribution is 6.29. The maximum absolute atomic E-state index is 12.4. The number of anilines is 1. The van der Waals surface area contributed by atoms with E-state index in [0.29, 0.717) is 11.6 Å². The number of hydrogen-bond donors (Lipinski definition) is 1. The number of carbonyl (C=O) groups is 1. The first-order chi connectivity index (χ1) is 9.51. The molecule has 2 rings (SSSR count). The first-order valence-corrected chi connectivity index (χ1v) is 7.35. The SMILES string of the molecule is CCC(C)N1CCN(C(=O)c2cc(N)nc(Cl)c2)CC1. The molecule has 20 heavy (non-hydrogen) atoms. The average Bonchev–Trinajstić information content (AvgIpc) is 2.45. The molecule has 2 heterocycles. The van der Waals surface area contributed by atoms with Gasteiger partial charge in [0.2, 0.25) is 0 Å². The number of aromatic nitrogens is 1. The van der Waals surface area contributed by atoms with Crippen LogP contribution in [0.15, 0.2) is 12.1 Å². The van der Waals surface area contributed by atoms with E-state index in [1.165, 1.54) is 0 Å². The molecule has 1 fully saturated rings. The Morgan fingerprint density at radius 1 is 1.40 bits per heavy atom. The van der Waals surface area contributed by atoms with Crippen LogP contribution < -0.4 is 5.73 Å². The summed E-state index contributed by atoms with van der Waals surface area (Å²) < 4.78 is 0. The zero-order valence-electron chi connectivity index (χ0n) is 12.0. The number of nitrogen functional groups attached to an aromatic ring is 1. The van der Waals surface area contributed by atoms with Gasteiger partial charge in [-0.3, -0.25) is 9.69 Å². The Labute approximate surface area is 124 Å². The van der Waals surface area contributed by atoms with E-state index in [1.54, 1.807) is 12.1 Å². The number of pyridine rings is 1. The fourth-order valence-electron chi connectivity index (χ4n) is 2.45. The number of nitrogens with two attached hydrogens (primary N) is 1. The average molecular weight is 297 g/mol. The number of halogens is 1. The number of rotatable bonds is 3. The molecule has 0 radical (unpaired) electrons. The molecule has 1 atom stereocenters. The minimum Gasteiger partial charge on any atom is -0.384 e. The number of hydrogen-bond acceptors (Lipinski definition) is 4. The quantitative estimate of drug-likeness (QED) is 0.865. The highest BCUT2D eigenvalue weighted by Gasteiger charge is 2.24. The largest absolute Gasteiger partial charge is 0.384 e. The molecule has 1 unspecified atom stereocenters. The van der Waals surface area contributed by atoms with Crippen LogP contribution in [0.3, 0.4) is 0 Å². The lowest BCUT2D eigenvalue weighted by atomic mass is 10.1. The monoisotopic (exact) mass is 296 g/mol. The molecule has 6 heteroatoms. The Morgan fingerprint density at radius 2 is 2.05 bits per heavy atom. The van der Waals surface area contributed by atoms with Gasteiger partial charge in [0.25, 0.3) is 5.91 Å². The maximum atomic E-state index is 12.4. The lowest BCUT2D eigenvalue weighted by molar-refractivity contribution is 0.0579. The van der Waals surface area contributed by atoms with Crippen molar-refractivity contribution in [2.45, 2.75) is 26.3 Å². The van der Waals surface area contributed by atoms with Crippen LogP contribution in [0.4, 0.5) is 5.82 Å². The lowest BCUT2D eigenvalue weighted by Gasteiger charge is -2.37. The molecule has 1 aliphatic heterocycles. The fourth-order valence-corrected chi connectivity index (χ4v) is 2.66. The predicted molar refractivity (Wildman–Crippen MR) is 80.9 cm³/mol. The summed E-state index contributed by atoms with van der Waals surface area (Å²) in [5, 5.41) is 0.256. The van der Waals surface area contributed by atoms with E-state index in [2.05, 4.69) is 23.7 Å². The first-order valence-electron chi connectivity index (χ1n) is 6.97. The molecule has 1 aromatic rings. The Kier molecular flexibility index (Phi) is 4.83. The summed E-state index contributed by atoms with van der Waals surface area (Å²) in [5.41, 5.74) is 6.15. The van der Waals surface area contributed by atoms with Crippen LogP contribution in [0.2, 0.25) is 5.15 Å². The van der Waals surface area contributed by atoms with Gasteiger partial charge in [-0.2, -0.15) is 0 Å². The third-order valence-corrected chi connectivity index (χ3v) is 4.07. The highest BCUT2D eigenvalue weighted by atomic mass is 35.5. The summed E-state index contributed by atoms with van der Waals surface area (Å²) in [7, 11) is 0. The summed E-state index contributed by atoms with van der Waals surface area (Å²) in [4.78, 5) is 20.6.